The summed E-state index contributed by atoms with van der Waals surface area (Å²) >= 11 is 0. The van der Waals surface area contributed by atoms with Gasteiger partial charge in [-0.15, -0.1) is 0 Å². The third-order valence-electron chi connectivity index (χ3n) is 2.92. The van der Waals surface area contributed by atoms with E-state index >= 15 is 0 Å². The molecule has 1 aliphatic carbocycles. The van der Waals surface area contributed by atoms with Gasteiger partial charge in [-0.1, -0.05) is 0 Å². The smallest absolute Gasteiger partial charge is 0.204 e. The number of Topliss-reactive ketones (excluding diaryl/α,β-unsaturated/α-hetero) is 1. The molecule has 0 N–H and O–H groups in total. The van der Waals surface area contributed by atoms with Crippen molar-refractivity contribution in [3.8, 4) is 17.2 Å². The Labute approximate surface area is 100 Å². The van der Waals surface area contributed by atoms with Gasteiger partial charge < -0.3 is 14.2 Å². The molecule has 0 unspecified atom stereocenters. The van der Waals surface area contributed by atoms with Gasteiger partial charge in [0.1, 0.15) is 0 Å². The molecule has 0 aromatic heterocycles. The van der Waals surface area contributed by atoms with E-state index in [1.807, 2.05) is 0 Å². The van der Waals surface area contributed by atoms with Gasteiger partial charge in [0.2, 0.25) is 5.75 Å². The predicted molar refractivity (Wildman–Crippen MR) is 63.2 cm³/mol. The number of carbonyl (C=O) groups excluding carboxylic acids is 1. The minimum Gasteiger partial charge on any atom is -0.493 e. The molecule has 0 aliphatic heterocycles. The molecule has 0 spiro atoms. The molecule has 17 heavy (non-hydrogen) atoms. The van der Waals surface area contributed by atoms with Crippen LogP contribution in [0.15, 0.2) is 12.1 Å². The largest absolute Gasteiger partial charge is 0.493 e. The van der Waals surface area contributed by atoms with Crippen LogP contribution in [0.3, 0.4) is 0 Å². The molecule has 1 saturated carbocycles. The van der Waals surface area contributed by atoms with Gasteiger partial charge in [-0.2, -0.15) is 0 Å². The monoisotopic (exact) mass is 236 g/mol. The Morgan fingerprint density at radius 3 is 2.18 bits per heavy atom. The minimum absolute atomic E-state index is 0.128. The second-order valence-corrected chi connectivity index (χ2v) is 4.02. The Bertz CT molecular complexity index is 435. The van der Waals surface area contributed by atoms with Crippen LogP contribution >= 0.6 is 0 Å². The lowest BCUT2D eigenvalue weighted by Crippen LogP contribution is -2.06. The number of hydrogen-bond acceptors (Lipinski definition) is 4. The first kappa shape index (κ1) is 11.8. The SMILES string of the molecule is COc1ccc(C(=O)C2CC2)c(OC)c1OC. The van der Waals surface area contributed by atoms with Gasteiger partial charge in [-0.05, 0) is 25.0 Å². The molecule has 0 radical (unpaired) electrons. The van der Waals surface area contributed by atoms with Crippen molar-refractivity contribution in [2.45, 2.75) is 12.8 Å². The zero-order valence-corrected chi connectivity index (χ0v) is 10.3. The van der Waals surface area contributed by atoms with Crippen LogP contribution in [0.4, 0.5) is 0 Å². The summed E-state index contributed by atoms with van der Waals surface area (Å²) in [6.07, 6.45) is 1.94. The van der Waals surface area contributed by atoms with Gasteiger partial charge in [0.25, 0.3) is 0 Å². The fourth-order valence-electron chi connectivity index (χ4n) is 1.86. The van der Waals surface area contributed by atoms with E-state index in [0.717, 1.165) is 12.8 Å². The molecule has 1 aromatic rings. The molecule has 0 bridgehead atoms. The quantitative estimate of drug-likeness (QED) is 0.736. The molecule has 0 heterocycles. The fourth-order valence-corrected chi connectivity index (χ4v) is 1.86. The third-order valence-corrected chi connectivity index (χ3v) is 2.92. The van der Waals surface area contributed by atoms with Crippen LogP contribution in [0.25, 0.3) is 0 Å². The third kappa shape index (κ3) is 2.07. The average molecular weight is 236 g/mol. The standard InChI is InChI=1S/C13H16O4/c1-15-10-7-6-9(11(14)8-4-5-8)12(16-2)13(10)17-3/h6-8H,4-5H2,1-3H3. The van der Waals surface area contributed by atoms with Gasteiger partial charge in [-0.25, -0.2) is 0 Å². The molecule has 4 heteroatoms. The highest BCUT2D eigenvalue weighted by Crippen LogP contribution is 2.43. The van der Waals surface area contributed by atoms with E-state index in [2.05, 4.69) is 0 Å². The van der Waals surface area contributed by atoms with Gasteiger partial charge >= 0.3 is 0 Å². The summed E-state index contributed by atoms with van der Waals surface area (Å²) < 4.78 is 15.7. The summed E-state index contributed by atoms with van der Waals surface area (Å²) in [5, 5.41) is 0. The summed E-state index contributed by atoms with van der Waals surface area (Å²) in [6.45, 7) is 0. The first-order chi connectivity index (χ1) is 8.22. The number of methoxy groups -OCH3 is 3. The lowest BCUT2D eigenvalue weighted by Gasteiger charge is -2.14. The first-order valence-corrected chi connectivity index (χ1v) is 5.56. The van der Waals surface area contributed by atoms with E-state index in [0.29, 0.717) is 22.8 Å². The Morgan fingerprint density at radius 2 is 1.71 bits per heavy atom. The van der Waals surface area contributed by atoms with Crippen LogP contribution in [0, 0.1) is 5.92 Å². The van der Waals surface area contributed by atoms with Crippen LogP contribution in [0.2, 0.25) is 0 Å². The number of ketones is 1. The maximum Gasteiger partial charge on any atom is 0.204 e. The van der Waals surface area contributed by atoms with E-state index in [1.54, 1.807) is 19.2 Å². The van der Waals surface area contributed by atoms with Crippen molar-refractivity contribution in [1.29, 1.82) is 0 Å². The normalized spacial score (nSPS) is 14.3. The van der Waals surface area contributed by atoms with Gasteiger partial charge in [0.05, 0.1) is 26.9 Å². The predicted octanol–water partition coefficient (Wildman–Crippen LogP) is 2.31. The summed E-state index contributed by atoms with van der Waals surface area (Å²) in [5.74, 6) is 1.78. The maximum atomic E-state index is 12.1. The van der Waals surface area contributed by atoms with Gasteiger partial charge in [-0.3, -0.25) is 4.79 Å². The second-order valence-electron chi connectivity index (χ2n) is 4.02. The van der Waals surface area contributed by atoms with E-state index in [9.17, 15) is 4.79 Å². The van der Waals surface area contributed by atoms with Gasteiger partial charge in [0, 0.05) is 5.92 Å². The molecule has 1 aliphatic rings. The molecule has 4 nitrogen and oxygen atoms in total. The zero-order chi connectivity index (χ0) is 12.4. The molecular weight excluding hydrogens is 220 g/mol. The molecule has 0 atom stereocenters. The number of hydrogen-bond donors (Lipinski definition) is 0. The van der Waals surface area contributed by atoms with Crippen molar-refractivity contribution in [1.82, 2.24) is 0 Å². The summed E-state index contributed by atoms with van der Waals surface area (Å²) in [5.41, 5.74) is 0.577. The first-order valence-electron chi connectivity index (χ1n) is 5.56. The van der Waals surface area contributed by atoms with Crippen molar-refractivity contribution in [3.63, 3.8) is 0 Å². The maximum absolute atomic E-state index is 12.1. The topological polar surface area (TPSA) is 44.8 Å². The number of benzene rings is 1. The summed E-state index contributed by atoms with van der Waals surface area (Å²) in [4.78, 5) is 12.1. The van der Waals surface area contributed by atoms with Crippen LogP contribution in [-0.2, 0) is 0 Å². The number of carbonyl (C=O) groups is 1. The van der Waals surface area contributed by atoms with Crippen molar-refractivity contribution in [2.24, 2.45) is 5.92 Å². The van der Waals surface area contributed by atoms with Crippen molar-refractivity contribution in [3.05, 3.63) is 17.7 Å². The Hall–Kier alpha value is -1.71. The van der Waals surface area contributed by atoms with Crippen molar-refractivity contribution >= 4 is 5.78 Å². The minimum atomic E-state index is 0.128. The van der Waals surface area contributed by atoms with E-state index in [1.165, 1.54) is 14.2 Å². The molecular formula is C13H16O4. The summed E-state index contributed by atoms with van der Waals surface area (Å²) in [6, 6.07) is 3.47. The highest BCUT2D eigenvalue weighted by molar-refractivity contribution is 6.02. The van der Waals surface area contributed by atoms with Gasteiger partial charge in [0.15, 0.2) is 17.3 Å². The lowest BCUT2D eigenvalue weighted by molar-refractivity contribution is 0.0964. The molecule has 0 amide bonds. The van der Waals surface area contributed by atoms with Crippen molar-refractivity contribution in [2.75, 3.05) is 21.3 Å². The molecule has 1 aromatic carbocycles. The summed E-state index contributed by atoms with van der Waals surface area (Å²) in [7, 11) is 4.62. The molecule has 2 rings (SSSR count). The van der Waals surface area contributed by atoms with Crippen molar-refractivity contribution < 1.29 is 19.0 Å². The highest BCUT2D eigenvalue weighted by Gasteiger charge is 2.33. The van der Waals surface area contributed by atoms with Crippen LogP contribution in [-0.4, -0.2) is 27.1 Å². The molecule has 92 valence electrons. The fraction of sp³-hybridized carbons (Fsp3) is 0.462. The van der Waals surface area contributed by atoms with Crippen LogP contribution < -0.4 is 14.2 Å². The Balaban J connectivity index is 2.48. The van der Waals surface area contributed by atoms with E-state index in [-0.39, 0.29) is 11.7 Å². The van der Waals surface area contributed by atoms with Crippen LogP contribution in [0.1, 0.15) is 23.2 Å². The Kier molecular flexibility index (Phi) is 3.22. The number of ether oxygens (including phenoxy) is 3. The van der Waals surface area contributed by atoms with E-state index < -0.39 is 0 Å². The molecule has 0 saturated heterocycles. The van der Waals surface area contributed by atoms with Crippen LogP contribution in [0.5, 0.6) is 17.2 Å². The average Bonchev–Trinajstić information content (AvgIpc) is 3.20. The highest BCUT2D eigenvalue weighted by atomic mass is 16.5. The van der Waals surface area contributed by atoms with E-state index in [4.69, 9.17) is 14.2 Å². The second kappa shape index (κ2) is 4.65. The zero-order valence-electron chi connectivity index (χ0n) is 10.3. The lowest BCUT2D eigenvalue weighted by atomic mass is 10.0. The molecule has 1 fully saturated rings. The Morgan fingerprint density at radius 1 is 1.06 bits per heavy atom. The number of rotatable bonds is 5.